The third-order valence-corrected chi connectivity index (χ3v) is 5.14. The van der Waals surface area contributed by atoms with Crippen LogP contribution in [0.4, 0.5) is 5.69 Å². The first-order valence-corrected chi connectivity index (χ1v) is 8.55. The van der Waals surface area contributed by atoms with Crippen LogP contribution in [0.25, 0.3) is 0 Å². The van der Waals surface area contributed by atoms with E-state index in [-0.39, 0.29) is 11.6 Å². The van der Waals surface area contributed by atoms with Crippen molar-refractivity contribution < 1.29 is 0 Å². The fourth-order valence-corrected chi connectivity index (χ4v) is 3.43. The van der Waals surface area contributed by atoms with Gasteiger partial charge in [0.05, 0.1) is 11.2 Å². The van der Waals surface area contributed by atoms with Gasteiger partial charge in [0.2, 0.25) is 0 Å². The van der Waals surface area contributed by atoms with Gasteiger partial charge in [-0.1, -0.05) is 30.9 Å². The van der Waals surface area contributed by atoms with Crippen molar-refractivity contribution in [2.24, 2.45) is 11.8 Å². The molecule has 1 N–H and O–H groups in total. The highest BCUT2D eigenvalue weighted by atomic mass is 35.5. The maximum atomic E-state index is 12.5. The number of nitrogens with one attached hydrogen (secondary N) is 1. The molecule has 0 amide bonds. The predicted octanol–water partition coefficient (Wildman–Crippen LogP) is 3.69. The fraction of sp³-hybridized carbons (Fsp3) is 0.750. The fourth-order valence-electron chi connectivity index (χ4n) is 3.25. The zero-order chi connectivity index (χ0) is 14.8. The van der Waals surface area contributed by atoms with Gasteiger partial charge in [-0.25, -0.2) is 4.68 Å². The summed E-state index contributed by atoms with van der Waals surface area (Å²) in [7, 11) is 0. The monoisotopic (exact) mass is 309 g/mol. The van der Waals surface area contributed by atoms with Gasteiger partial charge in [0.25, 0.3) is 5.56 Å². The number of rotatable bonds is 5. The Morgan fingerprint density at radius 2 is 2.05 bits per heavy atom. The maximum Gasteiger partial charge on any atom is 0.291 e. The minimum atomic E-state index is -0.0722. The van der Waals surface area contributed by atoms with Crippen LogP contribution in [0.15, 0.2) is 11.0 Å². The molecule has 116 valence electrons. The summed E-state index contributed by atoms with van der Waals surface area (Å²) in [4.78, 5) is 12.5. The summed E-state index contributed by atoms with van der Waals surface area (Å²) in [5.41, 5.74) is 0.461. The summed E-state index contributed by atoms with van der Waals surface area (Å²) in [6, 6.07) is 0.285. The van der Waals surface area contributed by atoms with Gasteiger partial charge in [-0.2, -0.15) is 5.10 Å². The van der Waals surface area contributed by atoms with Gasteiger partial charge in [-0.05, 0) is 44.4 Å². The standard InChI is InChI=1S/C16H24ClN3O/c1-11(13-5-3-2-4-6-13)19-15-14(17)9-18-20(16(15)21)10-12-7-8-12/h9,11-13,19H,2-8,10H2,1H3. The molecule has 2 saturated carbocycles. The van der Waals surface area contributed by atoms with Crippen LogP contribution in [0.3, 0.4) is 0 Å². The number of halogens is 1. The van der Waals surface area contributed by atoms with E-state index in [0.29, 0.717) is 22.5 Å². The summed E-state index contributed by atoms with van der Waals surface area (Å²) >= 11 is 6.20. The molecule has 1 heterocycles. The second-order valence-electron chi connectivity index (χ2n) is 6.63. The lowest BCUT2D eigenvalue weighted by molar-refractivity contribution is 0.328. The van der Waals surface area contributed by atoms with Crippen molar-refractivity contribution in [1.82, 2.24) is 9.78 Å². The molecule has 2 fully saturated rings. The molecule has 4 nitrogen and oxygen atoms in total. The Labute approximate surface area is 130 Å². The van der Waals surface area contributed by atoms with E-state index in [1.165, 1.54) is 44.9 Å². The second kappa shape index (κ2) is 6.39. The molecule has 1 aromatic heterocycles. The van der Waals surface area contributed by atoms with Crippen molar-refractivity contribution in [3.8, 4) is 0 Å². The van der Waals surface area contributed by atoms with E-state index >= 15 is 0 Å². The highest BCUT2D eigenvalue weighted by Gasteiger charge is 2.25. The van der Waals surface area contributed by atoms with Crippen molar-refractivity contribution in [3.63, 3.8) is 0 Å². The molecular weight excluding hydrogens is 286 g/mol. The number of hydrogen-bond donors (Lipinski definition) is 1. The number of aromatic nitrogens is 2. The van der Waals surface area contributed by atoms with E-state index in [4.69, 9.17) is 11.6 Å². The van der Waals surface area contributed by atoms with Crippen LogP contribution in [0.1, 0.15) is 51.9 Å². The number of anilines is 1. The highest BCUT2D eigenvalue weighted by molar-refractivity contribution is 6.33. The Hall–Kier alpha value is -1.03. The number of hydrogen-bond acceptors (Lipinski definition) is 3. The third kappa shape index (κ3) is 3.60. The van der Waals surface area contributed by atoms with Crippen LogP contribution in [0.5, 0.6) is 0 Å². The molecule has 0 aromatic carbocycles. The van der Waals surface area contributed by atoms with Gasteiger partial charge in [-0.3, -0.25) is 4.79 Å². The van der Waals surface area contributed by atoms with E-state index in [2.05, 4.69) is 17.3 Å². The summed E-state index contributed by atoms with van der Waals surface area (Å²) in [5.74, 6) is 1.26. The van der Waals surface area contributed by atoms with E-state index in [9.17, 15) is 4.79 Å². The molecule has 0 bridgehead atoms. The Kier molecular flexibility index (Phi) is 4.53. The molecule has 2 aliphatic carbocycles. The van der Waals surface area contributed by atoms with E-state index in [1.807, 2.05) is 0 Å². The van der Waals surface area contributed by atoms with Gasteiger partial charge in [-0.15, -0.1) is 0 Å². The molecule has 0 radical (unpaired) electrons. The zero-order valence-corrected chi connectivity index (χ0v) is 13.4. The van der Waals surface area contributed by atoms with Crippen molar-refractivity contribution in [3.05, 3.63) is 21.6 Å². The first kappa shape index (κ1) is 14.9. The third-order valence-electron chi connectivity index (χ3n) is 4.85. The van der Waals surface area contributed by atoms with Crippen molar-refractivity contribution in [2.45, 2.75) is 64.5 Å². The molecule has 2 aliphatic rings. The highest BCUT2D eigenvalue weighted by Crippen LogP contribution is 2.31. The van der Waals surface area contributed by atoms with E-state index < -0.39 is 0 Å². The SMILES string of the molecule is CC(Nc1c(Cl)cnn(CC2CC2)c1=O)C1CCCCC1. The largest absolute Gasteiger partial charge is 0.377 e. The van der Waals surface area contributed by atoms with Crippen LogP contribution in [-0.4, -0.2) is 15.8 Å². The van der Waals surface area contributed by atoms with Gasteiger partial charge >= 0.3 is 0 Å². The average molecular weight is 310 g/mol. The Bertz CT molecular complexity index is 547. The molecule has 5 heteroatoms. The van der Waals surface area contributed by atoms with Gasteiger partial charge < -0.3 is 5.32 Å². The molecule has 1 atom stereocenters. The average Bonchev–Trinajstić information content (AvgIpc) is 3.31. The second-order valence-corrected chi connectivity index (χ2v) is 7.04. The molecule has 1 unspecified atom stereocenters. The van der Waals surface area contributed by atoms with Crippen LogP contribution in [-0.2, 0) is 6.54 Å². The smallest absolute Gasteiger partial charge is 0.291 e. The van der Waals surface area contributed by atoms with Crippen molar-refractivity contribution in [2.75, 3.05) is 5.32 Å². The van der Waals surface area contributed by atoms with E-state index in [1.54, 1.807) is 10.9 Å². The van der Waals surface area contributed by atoms with Gasteiger partial charge in [0, 0.05) is 12.6 Å². The molecule has 0 aliphatic heterocycles. The molecule has 0 saturated heterocycles. The van der Waals surface area contributed by atoms with Crippen molar-refractivity contribution in [1.29, 1.82) is 0 Å². The topological polar surface area (TPSA) is 46.9 Å². The maximum absolute atomic E-state index is 12.5. The van der Waals surface area contributed by atoms with E-state index in [0.717, 1.165) is 6.54 Å². The first-order chi connectivity index (χ1) is 10.1. The van der Waals surface area contributed by atoms with Gasteiger partial charge in [0.15, 0.2) is 0 Å². The molecule has 0 spiro atoms. The van der Waals surface area contributed by atoms with Crippen LogP contribution < -0.4 is 10.9 Å². The summed E-state index contributed by atoms with van der Waals surface area (Å²) < 4.78 is 1.57. The molecule has 3 rings (SSSR count). The summed E-state index contributed by atoms with van der Waals surface area (Å²) in [6.45, 7) is 2.89. The molecule has 21 heavy (non-hydrogen) atoms. The lowest BCUT2D eigenvalue weighted by atomic mass is 9.84. The van der Waals surface area contributed by atoms with Crippen LogP contribution in [0, 0.1) is 11.8 Å². The quantitative estimate of drug-likeness (QED) is 0.902. The Morgan fingerprint density at radius 3 is 2.71 bits per heavy atom. The Balaban J connectivity index is 1.75. The van der Waals surface area contributed by atoms with Crippen LogP contribution in [0.2, 0.25) is 5.02 Å². The summed E-state index contributed by atoms with van der Waals surface area (Å²) in [5, 5.41) is 7.99. The van der Waals surface area contributed by atoms with Gasteiger partial charge in [0.1, 0.15) is 5.69 Å². The minimum Gasteiger partial charge on any atom is -0.377 e. The zero-order valence-electron chi connectivity index (χ0n) is 12.6. The van der Waals surface area contributed by atoms with Crippen LogP contribution >= 0.6 is 11.6 Å². The first-order valence-electron chi connectivity index (χ1n) is 8.17. The Morgan fingerprint density at radius 1 is 1.33 bits per heavy atom. The lowest BCUT2D eigenvalue weighted by Gasteiger charge is -2.29. The minimum absolute atomic E-state index is 0.0722. The molecular formula is C16H24ClN3O. The molecule has 1 aromatic rings. The number of nitrogens with zero attached hydrogens (tertiary/aromatic N) is 2. The normalized spacial score (nSPS) is 21.2. The summed E-state index contributed by atoms with van der Waals surface area (Å²) in [6.07, 6.45) is 10.4. The lowest BCUT2D eigenvalue weighted by Crippen LogP contribution is -2.33. The van der Waals surface area contributed by atoms with Crippen molar-refractivity contribution >= 4 is 17.3 Å². The predicted molar refractivity (Wildman–Crippen MR) is 85.9 cm³/mol.